The number of allylic oxidation sites excluding steroid dienone is 2. The maximum atomic E-state index is 12.2. The molecule has 9 nitrogen and oxygen atoms in total. The molecular formula is C16H20N2O7S. The van der Waals surface area contributed by atoms with E-state index < -0.39 is 52.7 Å². The van der Waals surface area contributed by atoms with Crippen molar-refractivity contribution in [1.29, 1.82) is 0 Å². The molecule has 0 aromatic heterocycles. The molecule has 3 amide bonds. The van der Waals surface area contributed by atoms with Crippen LogP contribution in [0.4, 0.5) is 0 Å². The second-order valence-electron chi connectivity index (χ2n) is 6.75. The van der Waals surface area contributed by atoms with Crippen molar-refractivity contribution in [2.75, 3.05) is 24.7 Å². The maximum absolute atomic E-state index is 12.2. The SMILES string of the molecule is O=C(COC(=O)CN1C(=O)[C@H]2CC=CC[C@@H]2C1=O)N[C@H]1CCS(=O)(=O)C1. The van der Waals surface area contributed by atoms with Gasteiger partial charge < -0.3 is 10.1 Å². The lowest BCUT2D eigenvalue weighted by Gasteiger charge is -2.14. The number of hydrogen-bond acceptors (Lipinski definition) is 7. The average molecular weight is 384 g/mol. The Balaban J connectivity index is 1.45. The van der Waals surface area contributed by atoms with E-state index in [1.165, 1.54) is 0 Å². The molecule has 0 unspecified atom stereocenters. The minimum absolute atomic E-state index is 0.0219. The van der Waals surface area contributed by atoms with Crippen LogP contribution < -0.4 is 5.32 Å². The Bertz CT molecular complexity index is 747. The smallest absolute Gasteiger partial charge is 0.326 e. The van der Waals surface area contributed by atoms with Gasteiger partial charge in [0, 0.05) is 6.04 Å². The van der Waals surface area contributed by atoms with Gasteiger partial charge >= 0.3 is 5.97 Å². The first kappa shape index (κ1) is 18.6. The molecule has 2 heterocycles. The number of esters is 1. The summed E-state index contributed by atoms with van der Waals surface area (Å²) in [6, 6.07) is -0.483. The van der Waals surface area contributed by atoms with Gasteiger partial charge in [0.05, 0.1) is 23.3 Å². The highest BCUT2D eigenvalue weighted by Gasteiger charge is 2.47. The number of ether oxygens (including phenoxy) is 1. The number of imide groups is 1. The zero-order valence-corrected chi connectivity index (χ0v) is 14.9. The van der Waals surface area contributed by atoms with E-state index in [9.17, 15) is 27.6 Å². The number of amides is 3. The predicted octanol–water partition coefficient (Wildman–Crippen LogP) is -1.22. The first-order valence-electron chi connectivity index (χ1n) is 8.42. The lowest BCUT2D eigenvalue weighted by molar-refractivity contribution is -0.155. The zero-order chi connectivity index (χ0) is 18.9. The quantitative estimate of drug-likeness (QED) is 0.358. The highest BCUT2D eigenvalue weighted by Crippen LogP contribution is 2.34. The molecule has 0 radical (unpaired) electrons. The third-order valence-electron chi connectivity index (χ3n) is 4.85. The van der Waals surface area contributed by atoms with E-state index in [-0.39, 0.29) is 23.3 Å². The number of carbonyl (C=O) groups excluding carboxylic acids is 4. The Hall–Kier alpha value is -2.23. The number of fused-ring (bicyclic) bond motifs is 1. The molecule has 2 aliphatic heterocycles. The zero-order valence-electron chi connectivity index (χ0n) is 14.0. The van der Waals surface area contributed by atoms with Crippen LogP contribution in [0.3, 0.4) is 0 Å². The lowest BCUT2D eigenvalue weighted by Crippen LogP contribution is -2.40. The molecule has 142 valence electrons. The third kappa shape index (κ3) is 3.95. The van der Waals surface area contributed by atoms with Gasteiger partial charge in [-0.15, -0.1) is 0 Å². The fourth-order valence-electron chi connectivity index (χ4n) is 3.52. The third-order valence-corrected chi connectivity index (χ3v) is 6.62. The van der Waals surface area contributed by atoms with Gasteiger partial charge in [0.2, 0.25) is 11.8 Å². The van der Waals surface area contributed by atoms with Gasteiger partial charge in [0.15, 0.2) is 16.4 Å². The van der Waals surface area contributed by atoms with E-state index >= 15 is 0 Å². The minimum Gasteiger partial charge on any atom is -0.454 e. The Morgan fingerprint density at radius 1 is 1.15 bits per heavy atom. The van der Waals surface area contributed by atoms with Crippen molar-refractivity contribution in [3.63, 3.8) is 0 Å². The van der Waals surface area contributed by atoms with Crippen molar-refractivity contribution in [2.45, 2.75) is 25.3 Å². The summed E-state index contributed by atoms with van der Waals surface area (Å²) in [5.74, 6) is -3.19. The highest BCUT2D eigenvalue weighted by atomic mass is 32.2. The van der Waals surface area contributed by atoms with E-state index in [1.54, 1.807) is 0 Å². The first-order valence-corrected chi connectivity index (χ1v) is 10.2. The van der Waals surface area contributed by atoms with Crippen molar-refractivity contribution in [1.82, 2.24) is 10.2 Å². The summed E-state index contributed by atoms with van der Waals surface area (Å²) < 4.78 is 27.5. The molecular weight excluding hydrogens is 364 g/mol. The van der Waals surface area contributed by atoms with E-state index in [2.05, 4.69) is 5.32 Å². The second-order valence-corrected chi connectivity index (χ2v) is 8.98. The van der Waals surface area contributed by atoms with E-state index in [0.717, 1.165) is 4.90 Å². The molecule has 26 heavy (non-hydrogen) atoms. The van der Waals surface area contributed by atoms with Crippen molar-refractivity contribution in [3.8, 4) is 0 Å². The summed E-state index contributed by atoms with van der Waals surface area (Å²) >= 11 is 0. The van der Waals surface area contributed by atoms with Gasteiger partial charge in [-0.3, -0.25) is 24.1 Å². The largest absolute Gasteiger partial charge is 0.454 e. The van der Waals surface area contributed by atoms with Gasteiger partial charge in [-0.1, -0.05) is 12.2 Å². The molecule has 2 saturated heterocycles. The summed E-state index contributed by atoms with van der Waals surface area (Å²) in [6.45, 7) is -1.10. The average Bonchev–Trinajstić information content (AvgIpc) is 3.05. The van der Waals surface area contributed by atoms with Crippen LogP contribution in [0.2, 0.25) is 0 Å². The molecule has 0 spiro atoms. The van der Waals surface area contributed by atoms with Gasteiger partial charge in [-0.05, 0) is 19.3 Å². The summed E-state index contributed by atoms with van der Waals surface area (Å²) in [4.78, 5) is 49.0. The van der Waals surface area contributed by atoms with E-state index in [0.29, 0.717) is 19.3 Å². The second kappa shape index (κ2) is 7.18. The van der Waals surface area contributed by atoms with Crippen molar-refractivity contribution in [3.05, 3.63) is 12.2 Å². The normalized spacial score (nSPS) is 29.5. The number of sulfone groups is 1. The van der Waals surface area contributed by atoms with Gasteiger partial charge in [0.1, 0.15) is 6.54 Å². The van der Waals surface area contributed by atoms with E-state index in [4.69, 9.17) is 4.74 Å². The Morgan fingerprint density at radius 3 is 2.31 bits per heavy atom. The summed E-state index contributed by atoms with van der Waals surface area (Å²) in [6.07, 6.45) is 4.99. The van der Waals surface area contributed by atoms with Crippen LogP contribution in [0.1, 0.15) is 19.3 Å². The van der Waals surface area contributed by atoms with Crippen LogP contribution >= 0.6 is 0 Å². The summed E-state index contributed by atoms with van der Waals surface area (Å²) in [7, 11) is -3.12. The van der Waals surface area contributed by atoms with Gasteiger partial charge in [-0.25, -0.2) is 8.42 Å². The molecule has 3 atom stereocenters. The summed E-state index contributed by atoms with van der Waals surface area (Å²) in [5.41, 5.74) is 0. The Kier molecular flexibility index (Phi) is 5.12. The number of nitrogens with one attached hydrogen (secondary N) is 1. The molecule has 1 aliphatic carbocycles. The first-order chi connectivity index (χ1) is 12.3. The maximum Gasteiger partial charge on any atom is 0.326 e. The number of carbonyl (C=O) groups is 4. The Morgan fingerprint density at radius 2 is 1.77 bits per heavy atom. The number of nitrogens with zero attached hydrogens (tertiary/aromatic N) is 1. The molecule has 0 aromatic carbocycles. The molecule has 0 aromatic rings. The van der Waals surface area contributed by atoms with Crippen LogP contribution in [-0.2, 0) is 33.8 Å². The molecule has 10 heteroatoms. The monoisotopic (exact) mass is 384 g/mol. The van der Waals surface area contributed by atoms with Crippen LogP contribution in [0.25, 0.3) is 0 Å². The van der Waals surface area contributed by atoms with Crippen molar-refractivity contribution >= 4 is 33.5 Å². The number of hydrogen-bond donors (Lipinski definition) is 1. The van der Waals surface area contributed by atoms with Crippen LogP contribution in [-0.4, -0.2) is 67.7 Å². The predicted molar refractivity (Wildman–Crippen MR) is 88.2 cm³/mol. The Labute approximate surface area is 150 Å². The van der Waals surface area contributed by atoms with Gasteiger partial charge in [0.25, 0.3) is 5.91 Å². The standard InChI is InChI=1S/C16H20N2O7S/c19-13(17-10-5-6-26(23,24)9-10)8-25-14(20)7-18-15(21)11-3-1-2-4-12(11)16(18)22/h1-2,10-12H,3-9H2,(H,17,19)/t10-,11-,12-/m0/s1. The van der Waals surface area contributed by atoms with Crippen molar-refractivity contribution in [2.24, 2.45) is 11.8 Å². The molecule has 0 bridgehead atoms. The minimum atomic E-state index is -3.12. The molecule has 3 aliphatic rings. The highest BCUT2D eigenvalue weighted by molar-refractivity contribution is 7.91. The number of rotatable bonds is 5. The molecule has 0 saturated carbocycles. The topological polar surface area (TPSA) is 127 Å². The molecule has 1 N–H and O–H groups in total. The number of likely N-dealkylation sites (tertiary alicyclic amines) is 1. The van der Waals surface area contributed by atoms with E-state index in [1.807, 2.05) is 12.2 Å². The van der Waals surface area contributed by atoms with Gasteiger partial charge in [-0.2, -0.15) is 0 Å². The van der Waals surface area contributed by atoms with Crippen LogP contribution in [0.15, 0.2) is 12.2 Å². The molecule has 2 fully saturated rings. The van der Waals surface area contributed by atoms with Crippen molar-refractivity contribution < 1.29 is 32.3 Å². The molecule has 3 rings (SSSR count). The fraction of sp³-hybridized carbons (Fsp3) is 0.625. The van der Waals surface area contributed by atoms with Crippen LogP contribution in [0.5, 0.6) is 0 Å². The fourth-order valence-corrected chi connectivity index (χ4v) is 5.20. The lowest BCUT2D eigenvalue weighted by atomic mass is 9.85. The summed E-state index contributed by atoms with van der Waals surface area (Å²) in [5, 5.41) is 2.49. The van der Waals surface area contributed by atoms with Crippen LogP contribution in [0, 0.1) is 11.8 Å².